The number of anilines is 2. The number of ether oxygens (including phenoxy) is 1. The Morgan fingerprint density at radius 3 is 2.80 bits per heavy atom. The lowest BCUT2D eigenvalue weighted by Gasteiger charge is -2.07. The van der Waals surface area contributed by atoms with Gasteiger partial charge in [0, 0.05) is 18.7 Å². The molecule has 5 heteroatoms. The van der Waals surface area contributed by atoms with E-state index in [0.717, 1.165) is 30.3 Å². The second kappa shape index (κ2) is 5.92. The number of aromatic nitrogens is 1. The van der Waals surface area contributed by atoms with E-state index in [1.165, 1.54) is 11.5 Å². The molecule has 3 N–H and O–H groups in total. The molecule has 0 fully saturated rings. The Kier molecular flexibility index (Phi) is 4.84. The highest BCUT2D eigenvalue weighted by molar-refractivity contribution is 7.10. The van der Waals surface area contributed by atoms with Crippen molar-refractivity contribution in [2.45, 2.75) is 20.8 Å². The third-order valence-corrected chi connectivity index (χ3v) is 2.86. The van der Waals surface area contributed by atoms with Crippen LogP contribution in [0.3, 0.4) is 0 Å². The zero-order chi connectivity index (χ0) is 11.3. The van der Waals surface area contributed by atoms with Crippen molar-refractivity contribution in [2.24, 2.45) is 5.92 Å². The Balaban J connectivity index is 2.18. The Hall–Kier alpha value is -0.810. The van der Waals surface area contributed by atoms with Gasteiger partial charge in [-0.2, -0.15) is 4.37 Å². The SMILES string of the molecule is Cc1c(N)nsc1NCCOCC(C)C. The maximum atomic E-state index is 5.64. The van der Waals surface area contributed by atoms with Crippen molar-refractivity contribution in [3.05, 3.63) is 5.56 Å². The first kappa shape index (κ1) is 12.3. The third kappa shape index (κ3) is 4.05. The van der Waals surface area contributed by atoms with Crippen LogP contribution in [-0.4, -0.2) is 24.1 Å². The highest BCUT2D eigenvalue weighted by Crippen LogP contribution is 2.24. The normalized spacial score (nSPS) is 10.9. The van der Waals surface area contributed by atoms with Crippen LogP contribution in [-0.2, 0) is 4.74 Å². The molecule has 1 aromatic rings. The monoisotopic (exact) mass is 229 g/mol. The van der Waals surface area contributed by atoms with E-state index in [0.29, 0.717) is 11.7 Å². The summed E-state index contributed by atoms with van der Waals surface area (Å²) in [4.78, 5) is 0. The summed E-state index contributed by atoms with van der Waals surface area (Å²) in [5.41, 5.74) is 6.67. The Bertz CT molecular complexity index is 299. The molecule has 0 aliphatic heterocycles. The highest BCUT2D eigenvalue weighted by Gasteiger charge is 2.05. The lowest BCUT2D eigenvalue weighted by Crippen LogP contribution is -2.11. The lowest BCUT2D eigenvalue weighted by molar-refractivity contribution is 0.118. The number of rotatable bonds is 6. The van der Waals surface area contributed by atoms with Crippen molar-refractivity contribution < 1.29 is 4.74 Å². The number of hydrogen-bond donors (Lipinski definition) is 2. The Morgan fingerprint density at radius 1 is 1.53 bits per heavy atom. The molecular formula is C10H19N3OS. The van der Waals surface area contributed by atoms with Gasteiger partial charge in [-0.15, -0.1) is 0 Å². The van der Waals surface area contributed by atoms with Crippen LogP contribution in [0.15, 0.2) is 0 Å². The number of hydrogen-bond acceptors (Lipinski definition) is 5. The standard InChI is InChI=1S/C10H19N3OS/c1-7(2)6-14-5-4-12-10-8(3)9(11)13-15-10/h7,12H,4-6H2,1-3H3,(H2,11,13). The van der Waals surface area contributed by atoms with Crippen LogP contribution in [0.5, 0.6) is 0 Å². The van der Waals surface area contributed by atoms with E-state index >= 15 is 0 Å². The molecule has 0 saturated heterocycles. The van der Waals surface area contributed by atoms with Crippen LogP contribution < -0.4 is 11.1 Å². The smallest absolute Gasteiger partial charge is 0.142 e. The number of nitrogens with two attached hydrogens (primary N) is 1. The van der Waals surface area contributed by atoms with Gasteiger partial charge in [0.1, 0.15) is 10.8 Å². The summed E-state index contributed by atoms with van der Waals surface area (Å²) in [5, 5.41) is 4.30. The van der Waals surface area contributed by atoms with E-state index in [9.17, 15) is 0 Å². The van der Waals surface area contributed by atoms with E-state index in [-0.39, 0.29) is 0 Å². The summed E-state index contributed by atoms with van der Waals surface area (Å²) in [7, 11) is 0. The quantitative estimate of drug-likeness (QED) is 0.734. The van der Waals surface area contributed by atoms with Gasteiger partial charge in [0.05, 0.1) is 6.61 Å². The molecule has 1 rings (SSSR count). The second-order valence-electron chi connectivity index (χ2n) is 3.92. The van der Waals surface area contributed by atoms with Gasteiger partial charge < -0.3 is 15.8 Å². The predicted molar refractivity (Wildman–Crippen MR) is 65.4 cm³/mol. The molecule has 1 aromatic heterocycles. The molecule has 0 radical (unpaired) electrons. The van der Waals surface area contributed by atoms with E-state index in [4.69, 9.17) is 10.5 Å². The van der Waals surface area contributed by atoms with Crippen molar-refractivity contribution in [1.82, 2.24) is 4.37 Å². The van der Waals surface area contributed by atoms with E-state index in [1.807, 2.05) is 6.92 Å². The fourth-order valence-corrected chi connectivity index (χ4v) is 1.80. The molecule has 0 aromatic carbocycles. The van der Waals surface area contributed by atoms with Crippen LogP contribution in [0, 0.1) is 12.8 Å². The molecule has 4 nitrogen and oxygen atoms in total. The van der Waals surface area contributed by atoms with Crippen molar-refractivity contribution in [3.8, 4) is 0 Å². The summed E-state index contributed by atoms with van der Waals surface area (Å²) in [5.74, 6) is 1.20. The zero-order valence-electron chi connectivity index (χ0n) is 9.54. The highest BCUT2D eigenvalue weighted by atomic mass is 32.1. The topological polar surface area (TPSA) is 60.2 Å². The van der Waals surface area contributed by atoms with Crippen molar-refractivity contribution in [1.29, 1.82) is 0 Å². The van der Waals surface area contributed by atoms with Crippen LogP contribution >= 0.6 is 11.5 Å². The number of nitrogens with zero attached hydrogens (tertiary/aromatic N) is 1. The minimum atomic E-state index is 0.589. The van der Waals surface area contributed by atoms with E-state index in [1.54, 1.807) is 0 Å². The van der Waals surface area contributed by atoms with Gasteiger partial charge in [-0.25, -0.2) is 0 Å². The van der Waals surface area contributed by atoms with Crippen LogP contribution in [0.1, 0.15) is 19.4 Å². The first-order valence-corrected chi connectivity index (χ1v) is 5.92. The summed E-state index contributed by atoms with van der Waals surface area (Å²) in [6.07, 6.45) is 0. The Labute approximate surface area is 95.0 Å². The third-order valence-electron chi connectivity index (χ3n) is 1.94. The maximum absolute atomic E-state index is 5.64. The van der Waals surface area contributed by atoms with E-state index < -0.39 is 0 Å². The molecular weight excluding hydrogens is 210 g/mol. The minimum absolute atomic E-state index is 0.589. The molecule has 0 atom stereocenters. The molecule has 0 aliphatic carbocycles. The summed E-state index contributed by atoms with van der Waals surface area (Å²) in [6, 6.07) is 0. The Morgan fingerprint density at radius 2 is 2.27 bits per heavy atom. The van der Waals surface area contributed by atoms with Gasteiger partial charge in [0.2, 0.25) is 0 Å². The summed E-state index contributed by atoms with van der Waals surface area (Å²) >= 11 is 1.40. The fourth-order valence-electron chi connectivity index (χ4n) is 1.07. The fraction of sp³-hybridized carbons (Fsp3) is 0.700. The molecule has 0 aliphatic rings. The minimum Gasteiger partial charge on any atom is -0.383 e. The van der Waals surface area contributed by atoms with Crippen molar-refractivity contribution in [3.63, 3.8) is 0 Å². The van der Waals surface area contributed by atoms with Crippen molar-refractivity contribution >= 4 is 22.4 Å². The van der Waals surface area contributed by atoms with Gasteiger partial charge in [0.15, 0.2) is 0 Å². The van der Waals surface area contributed by atoms with Crippen molar-refractivity contribution in [2.75, 3.05) is 30.8 Å². The predicted octanol–water partition coefficient (Wildman–Crippen LogP) is 2.12. The molecule has 0 saturated carbocycles. The van der Waals surface area contributed by atoms with E-state index in [2.05, 4.69) is 23.5 Å². The average Bonchev–Trinajstić information content (AvgIpc) is 2.48. The number of nitrogen functional groups attached to an aromatic ring is 1. The van der Waals surface area contributed by atoms with Gasteiger partial charge in [-0.05, 0) is 24.4 Å². The zero-order valence-corrected chi connectivity index (χ0v) is 10.4. The van der Waals surface area contributed by atoms with Gasteiger partial charge in [0.25, 0.3) is 0 Å². The number of nitrogens with one attached hydrogen (secondary N) is 1. The molecule has 0 amide bonds. The lowest BCUT2D eigenvalue weighted by atomic mass is 10.2. The molecule has 0 unspecified atom stereocenters. The van der Waals surface area contributed by atoms with Gasteiger partial charge in [-0.3, -0.25) is 0 Å². The van der Waals surface area contributed by atoms with Gasteiger partial charge in [-0.1, -0.05) is 13.8 Å². The molecule has 1 heterocycles. The second-order valence-corrected chi connectivity index (χ2v) is 4.69. The first-order chi connectivity index (χ1) is 7.11. The van der Waals surface area contributed by atoms with Gasteiger partial charge >= 0.3 is 0 Å². The van der Waals surface area contributed by atoms with Crippen LogP contribution in [0.2, 0.25) is 0 Å². The summed E-state index contributed by atoms with van der Waals surface area (Å²) < 4.78 is 9.51. The molecule has 0 bridgehead atoms. The van der Waals surface area contributed by atoms with Crippen LogP contribution in [0.25, 0.3) is 0 Å². The summed E-state index contributed by atoms with van der Waals surface area (Å²) in [6.45, 7) is 8.58. The largest absolute Gasteiger partial charge is 0.383 e. The molecule has 15 heavy (non-hydrogen) atoms. The first-order valence-electron chi connectivity index (χ1n) is 5.14. The van der Waals surface area contributed by atoms with Crippen LogP contribution in [0.4, 0.5) is 10.8 Å². The average molecular weight is 229 g/mol. The molecule has 0 spiro atoms. The maximum Gasteiger partial charge on any atom is 0.142 e. The molecule has 86 valence electrons.